The summed E-state index contributed by atoms with van der Waals surface area (Å²) in [4.78, 5) is 15.7. The standard InChI is InChI=1S/C12H13ClN2O2S/c1-2-5-14-11(16)7-18-12-15-9-6-8(13)3-4-10(9)17-12/h3-4,6H,2,5,7H2,1H3,(H,14,16). The lowest BCUT2D eigenvalue weighted by Crippen LogP contribution is -2.25. The topological polar surface area (TPSA) is 55.1 Å². The van der Waals surface area contributed by atoms with Gasteiger partial charge in [-0.2, -0.15) is 0 Å². The van der Waals surface area contributed by atoms with E-state index in [1.807, 2.05) is 6.92 Å². The van der Waals surface area contributed by atoms with E-state index in [0.717, 1.165) is 6.42 Å². The van der Waals surface area contributed by atoms with Gasteiger partial charge in [-0.3, -0.25) is 4.79 Å². The maximum absolute atomic E-state index is 11.4. The van der Waals surface area contributed by atoms with E-state index in [1.54, 1.807) is 18.2 Å². The zero-order valence-corrected chi connectivity index (χ0v) is 11.5. The molecule has 0 unspecified atom stereocenters. The SMILES string of the molecule is CCCNC(=O)CSc1nc2cc(Cl)ccc2o1. The van der Waals surface area contributed by atoms with Gasteiger partial charge in [0.1, 0.15) is 5.52 Å². The molecule has 96 valence electrons. The van der Waals surface area contributed by atoms with E-state index in [-0.39, 0.29) is 5.91 Å². The molecule has 1 heterocycles. The van der Waals surface area contributed by atoms with Crippen LogP contribution >= 0.6 is 23.4 Å². The van der Waals surface area contributed by atoms with Crippen LogP contribution in [0.15, 0.2) is 27.8 Å². The Morgan fingerprint density at radius 1 is 1.56 bits per heavy atom. The molecule has 18 heavy (non-hydrogen) atoms. The molecule has 6 heteroatoms. The molecular weight excluding hydrogens is 272 g/mol. The number of hydrogen-bond acceptors (Lipinski definition) is 4. The van der Waals surface area contributed by atoms with Crippen LogP contribution < -0.4 is 5.32 Å². The summed E-state index contributed by atoms with van der Waals surface area (Å²) < 4.78 is 5.49. The molecular formula is C12H13ClN2O2S. The molecule has 1 aromatic carbocycles. The van der Waals surface area contributed by atoms with Gasteiger partial charge in [0.05, 0.1) is 5.75 Å². The van der Waals surface area contributed by atoms with Crippen molar-refractivity contribution < 1.29 is 9.21 Å². The predicted octanol–water partition coefficient (Wildman–Crippen LogP) is 3.10. The van der Waals surface area contributed by atoms with Crippen molar-refractivity contribution in [2.24, 2.45) is 0 Å². The largest absolute Gasteiger partial charge is 0.431 e. The van der Waals surface area contributed by atoms with Crippen LogP contribution in [0.1, 0.15) is 13.3 Å². The molecule has 0 radical (unpaired) electrons. The van der Waals surface area contributed by atoms with E-state index in [1.165, 1.54) is 11.8 Å². The lowest BCUT2D eigenvalue weighted by Gasteiger charge is -2.00. The van der Waals surface area contributed by atoms with Gasteiger partial charge in [0.15, 0.2) is 5.58 Å². The van der Waals surface area contributed by atoms with Gasteiger partial charge < -0.3 is 9.73 Å². The highest BCUT2D eigenvalue weighted by Crippen LogP contribution is 2.25. The summed E-state index contributed by atoms with van der Waals surface area (Å²) in [5.74, 6) is 0.294. The van der Waals surface area contributed by atoms with Gasteiger partial charge in [-0.1, -0.05) is 30.3 Å². The van der Waals surface area contributed by atoms with Crippen LogP contribution in [0.4, 0.5) is 0 Å². The molecule has 0 bridgehead atoms. The number of amides is 1. The third kappa shape index (κ3) is 3.40. The number of nitrogens with one attached hydrogen (secondary N) is 1. The summed E-state index contributed by atoms with van der Waals surface area (Å²) in [6, 6.07) is 5.25. The van der Waals surface area contributed by atoms with Crippen LogP contribution in [-0.4, -0.2) is 23.2 Å². The van der Waals surface area contributed by atoms with Crippen LogP contribution in [0.5, 0.6) is 0 Å². The monoisotopic (exact) mass is 284 g/mol. The van der Waals surface area contributed by atoms with E-state index in [2.05, 4.69) is 10.3 Å². The van der Waals surface area contributed by atoms with Crippen LogP contribution in [-0.2, 0) is 4.79 Å². The van der Waals surface area contributed by atoms with Crippen LogP contribution in [0, 0.1) is 0 Å². The van der Waals surface area contributed by atoms with Gasteiger partial charge in [0.2, 0.25) is 5.91 Å². The first-order chi connectivity index (χ1) is 8.69. The van der Waals surface area contributed by atoms with Crippen molar-refractivity contribution in [3.8, 4) is 0 Å². The van der Waals surface area contributed by atoms with Crippen molar-refractivity contribution in [3.63, 3.8) is 0 Å². The molecule has 1 N–H and O–H groups in total. The lowest BCUT2D eigenvalue weighted by molar-refractivity contribution is -0.118. The molecule has 0 saturated carbocycles. The Kier molecular flexibility index (Phi) is 4.49. The Morgan fingerprint density at radius 3 is 3.17 bits per heavy atom. The number of carbonyl (C=O) groups excluding carboxylic acids is 1. The average Bonchev–Trinajstić information content (AvgIpc) is 2.75. The second-order valence-corrected chi connectivity index (χ2v) is 5.09. The maximum atomic E-state index is 11.4. The molecule has 0 aliphatic carbocycles. The maximum Gasteiger partial charge on any atom is 0.257 e. The summed E-state index contributed by atoms with van der Waals surface area (Å²) in [5.41, 5.74) is 1.38. The number of halogens is 1. The molecule has 2 aromatic rings. The van der Waals surface area contributed by atoms with Crippen molar-refractivity contribution >= 4 is 40.4 Å². The number of carbonyl (C=O) groups is 1. The second-order valence-electron chi connectivity index (χ2n) is 3.73. The number of nitrogens with zero attached hydrogens (tertiary/aromatic N) is 1. The van der Waals surface area contributed by atoms with Crippen LogP contribution in [0.25, 0.3) is 11.1 Å². The summed E-state index contributed by atoms with van der Waals surface area (Å²) >= 11 is 7.14. The number of oxazole rings is 1. The lowest BCUT2D eigenvalue weighted by atomic mass is 10.3. The fourth-order valence-corrected chi connectivity index (χ4v) is 2.22. The van der Waals surface area contributed by atoms with Gasteiger partial charge in [0, 0.05) is 11.6 Å². The van der Waals surface area contributed by atoms with E-state index in [4.69, 9.17) is 16.0 Å². The molecule has 0 fully saturated rings. The second kappa shape index (κ2) is 6.11. The third-order valence-electron chi connectivity index (χ3n) is 2.23. The number of thioether (sulfide) groups is 1. The fourth-order valence-electron chi connectivity index (χ4n) is 1.38. The molecule has 2 rings (SSSR count). The minimum atomic E-state index is -0.0119. The summed E-state index contributed by atoms with van der Waals surface area (Å²) in [6.07, 6.45) is 0.928. The first-order valence-corrected chi connectivity index (χ1v) is 7.01. The van der Waals surface area contributed by atoms with Gasteiger partial charge in [-0.25, -0.2) is 4.98 Å². The van der Waals surface area contributed by atoms with Crippen LogP contribution in [0.3, 0.4) is 0 Å². The smallest absolute Gasteiger partial charge is 0.257 e. The minimum absolute atomic E-state index is 0.0119. The highest BCUT2D eigenvalue weighted by atomic mass is 35.5. The Labute approximate surface area is 114 Å². The quantitative estimate of drug-likeness (QED) is 0.857. The minimum Gasteiger partial charge on any atom is -0.431 e. The molecule has 0 atom stereocenters. The van der Waals surface area contributed by atoms with E-state index in [9.17, 15) is 4.79 Å². The molecule has 1 amide bonds. The molecule has 0 aliphatic heterocycles. The van der Waals surface area contributed by atoms with Crippen molar-refractivity contribution in [3.05, 3.63) is 23.2 Å². The Morgan fingerprint density at radius 2 is 2.39 bits per heavy atom. The molecule has 0 aliphatic rings. The normalized spacial score (nSPS) is 10.8. The number of fused-ring (bicyclic) bond motifs is 1. The number of aromatic nitrogens is 1. The Balaban J connectivity index is 1.97. The van der Waals surface area contributed by atoms with E-state index < -0.39 is 0 Å². The van der Waals surface area contributed by atoms with Crippen molar-refractivity contribution in [1.29, 1.82) is 0 Å². The van der Waals surface area contributed by atoms with E-state index >= 15 is 0 Å². The van der Waals surface area contributed by atoms with Crippen LogP contribution in [0.2, 0.25) is 5.02 Å². The van der Waals surface area contributed by atoms with Crippen molar-refractivity contribution in [1.82, 2.24) is 10.3 Å². The molecule has 0 saturated heterocycles. The summed E-state index contributed by atoms with van der Waals surface area (Å²) in [6.45, 7) is 2.71. The van der Waals surface area contributed by atoms with E-state index in [0.29, 0.717) is 33.6 Å². The fraction of sp³-hybridized carbons (Fsp3) is 0.333. The van der Waals surface area contributed by atoms with Gasteiger partial charge >= 0.3 is 0 Å². The first-order valence-electron chi connectivity index (χ1n) is 5.64. The highest BCUT2D eigenvalue weighted by Gasteiger charge is 2.09. The number of benzene rings is 1. The summed E-state index contributed by atoms with van der Waals surface area (Å²) in [7, 11) is 0. The average molecular weight is 285 g/mol. The predicted molar refractivity (Wildman–Crippen MR) is 73.0 cm³/mol. The Hall–Kier alpha value is -1.20. The molecule has 4 nitrogen and oxygen atoms in total. The Bertz CT molecular complexity index is 556. The van der Waals surface area contributed by atoms with Gasteiger partial charge in [-0.05, 0) is 24.6 Å². The molecule has 1 aromatic heterocycles. The summed E-state index contributed by atoms with van der Waals surface area (Å²) in [5, 5.41) is 3.90. The number of rotatable bonds is 5. The zero-order valence-electron chi connectivity index (χ0n) is 9.90. The van der Waals surface area contributed by atoms with Crippen molar-refractivity contribution in [2.75, 3.05) is 12.3 Å². The van der Waals surface area contributed by atoms with Gasteiger partial charge in [-0.15, -0.1) is 0 Å². The highest BCUT2D eigenvalue weighted by molar-refractivity contribution is 7.99. The number of hydrogen-bond donors (Lipinski definition) is 1. The first kappa shape index (κ1) is 13.2. The van der Waals surface area contributed by atoms with Gasteiger partial charge in [0.25, 0.3) is 5.22 Å². The van der Waals surface area contributed by atoms with Crippen molar-refractivity contribution in [2.45, 2.75) is 18.6 Å². The molecule has 0 spiro atoms. The third-order valence-corrected chi connectivity index (χ3v) is 3.29. The zero-order chi connectivity index (χ0) is 13.0.